The number of methoxy groups -OCH3 is 1. The molecule has 2 aromatic carbocycles. The number of fused-ring (bicyclic) bond motifs is 1. The van der Waals surface area contributed by atoms with E-state index < -0.39 is 0 Å². The van der Waals surface area contributed by atoms with Crippen LogP contribution in [-0.4, -0.2) is 77.3 Å². The lowest BCUT2D eigenvalue weighted by atomic mass is 9.89. The number of nitrogens with zero attached hydrogens (tertiary/aromatic N) is 5. The number of nitrogens with two attached hydrogens (primary N) is 1. The third kappa shape index (κ3) is 5.61. The van der Waals surface area contributed by atoms with Gasteiger partial charge in [0.05, 0.1) is 24.4 Å². The zero-order valence-corrected chi connectivity index (χ0v) is 23.7. The van der Waals surface area contributed by atoms with Crippen molar-refractivity contribution < 1.29 is 14.2 Å². The van der Waals surface area contributed by atoms with Gasteiger partial charge < -0.3 is 25.8 Å². The highest BCUT2D eigenvalue weighted by atomic mass is 19.1. The summed E-state index contributed by atoms with van der Waals surface area (Å²) in [5.41, 5.74) is 12.8. The minimum absolute atomic E-state index is 0.0662. The van der Waals surface area contributed by atoms with Crippen molar-refractivity contribution in [3.05, 3.63) is 65.2 Å². The highest BCUT2D eigenvalue weighted by Crippen LogP contribution is 2.42. The van der Waals surface area contributed by atoms with Crippen LogP contribution in [0.5, 0.6) is 11.5 Å². The maximum Gasteiger partial charge on any atom is 0.160 e. The lowest BCUT2D eigenvalue weighted by Crippen LogP contribution is -2.52. The Labute approximate surface area is 240 Å². The number of nitrogen functional groups attached to an aromatic ring is 1. The van der Waals surface area contributed by atoms with Crippen LogP contribution in [0.1, 0.15) is 48.4 Å². The van der Waals surface area contributed by atoms with Crippen molar-refractivity contribution in [2.75, 3.05) is 56.4 Å². The van der Waals surface area contributed by atoms with Gasteiger partial charge in [-0.25, -0.2) is 19.8 Å². The van der Waals surface area contributed by atoms with Gasteiger partial charge in [0.1, 0.15) is 18.0 Å². The second-order valence-corrected chi connectivity index (χ2v) is 11.3. The first-order chi connectivity index (χ1) is 19.9. The fourth-order valence-electron chi connectivity index (χ4n) is 6.40. The van der Waals surface area contributed by atoms with Crippen molar-refractivity contribution >= 4 is 17.3 Å². The lowest BCUT2D eigenvalue weighted by molar-refractivity contribution is 0.0868. The molecule has 0 amide bonds. The van der Waals surface area contributed by atoms with Crippen molar-refractivity contribution in [2.45, 2.75) is 50.4 Å². The van der Waals surface area contributed by atoms with Crippen molar-refractivity contribution in [3.8, 4) is 11.5 Å². The fourth-order valence-corrected chi connectivity index (χ4v) is 6.40. The molecule has 1 aliphatic carbocycles. The molecule has 1 saturated heterocycles. The molecule has 1 unspecified atom stereocenters. The van der Waals surface area contributed by atoms with Gasteiger partial charge in [0.15, 0.2) is 17.3 Å². The normalized spacial score (nSPS) is 23.4. The van der Waals surface area contributed by atoms with E-state index in [-0.39, 0.29) is 23.7 Å². The van der Waals surface area contributed by atoms with E-state index in [1.54, 1.807) is 30.3 Å². The van der Waals surface area contributed by atoms with E-state index in [1.807, 2.05) is 6.07 Å². The molecule has 5 N–H and O–H groups in total. The number of aromatic hydroxyl groups is 1. The van der Waals surface area contributed by atoms with Gasteiger partial charge in [-0.15, -0.1) is 0 Å². The Morgan fingerprint density at radius 2 is 1.80 bits per heavy atom. The van der Waals surface area contributed by atoms with Crippen LogP contribution in [0.4, 0.5) is 21.7 Å². The Kier molecular flexibility index (Phi) is 7.83. The molecule has 0 spiro atoms. The van der Waals surface area contributed by atoms with Gasteiger partial charge >= 0.3 is 0 Å². The van der Waals surface area contributed by atoms with Gasteiger partial charge in [-0.2, -0.15) is 0 Å². The van der Waals surface area contributed by atoms with Gasteiger partial charge in [0.2, 0.25) is 0 Å². The predicted molar refractivity (Wildman–Crippen MR) is 157 cm³/mol. The summed E-state index contributed by atoms with van der Waals surface area (Å²) in [6.45, 7) is 4.93. The molecule has 3 aromatic rings. The predicted octanol–water partition coefficient (Wildman–Crippen LogP) is 3.50. The molecule has 1 aromatic heterocycles. The third-order valence-electron chi connectivity index (χ3n) is 8.82. The summed E-state index contributed by atoms with van der Waals surface area (Å²) in [7, 11) is 3.69. The number of rotatable bonds is 7. The summed E-state index contributed by atoms with van der Waals surface area (Å²) < 4.78 is 20.5. The zero-order chi connectivity index (χ0) is 28.5. The lowest BCUT2D eigenvalue weighted by Gasteiger charge is -2.42. The quantitative estimate of drug-likeness (QED) is 0.341. The molecule has 11 heteroatoms. The first-order valence-electron chi connectivity index (χ1n) is 14.4. The molecule has 1 atom stereocenters. The van der Waals surface area contributed by atoms with Crippen molar-refractivity contribution in [1.82, 2.24) is 25.2 Å². The number of likely N-dealkylation sites (N-methyl/N-ethyl adjacent to an activating group) is 1. The van der Waals surface area contributed by atoms with E-state index >= 15 is 4.39 Å². The van der Waals surface area contributed by atoms with Crippen LogP contribution in [-0.2, 0) is 6.54 Å². The van der Waals surface area contributed by atoms with Gasteiger partial charge in [0, 0.05) is 44.8 Å². The molecule has 1 saturated carbocycles. The first-order valence-corrected chi connectivity index (χ1v) is 14.4. The number of phenols is 1. The Morgan fingerprint density at radius 1 is 1.05 bits per heavy atom. The Hall–Kier alpha value is -3.67. The number of hydrazine groups is 1. The van der Waals surface area contributed by atoms with Crippen molar-refractivity contribution in [1.29, 1.82) is 0 Å². The maximum atomic E-state index is 15.3. The van der Waals surface area contributed by atoms with Crippen molar-refractivity contribution in [3.63, 3.8) is 0 Å². The van der Waals surface area contributed by atoms with E-state index in [0.717, 1.165) is 74.4 Å². The number of piperazine rings is 1. The van der Waals surface area contributed by atoms with Gasteiger partial charge in [-0.1, -0.05) is 12.1 Å². The monoisotopic (exact) mass is 562 g/mol. The Balaban J connectivity index is 1.15. The standard InChI is InChI=1S/C30H39FN8O2/c1-37-11-13-38(14-12-37)21-5-7-22(8-6-21)39-30-27(29(32)34-18-35-30)28(36-39)20-4-9-24(23(31)16-20)33-17-19-3-10-25(40)26(15-19)41-2/h3-4,9-10,15-16,18,21-22,28,33,36,40H,5-8,11-14,17H2,1-2H3,(H2,32,34,35). The van der Waals surface area contributed by atoms with E-state index in [2.05, 4.69) is 42.6 Å². The molecule has 0 bridgehead atoms. The molecule has 41 heavy (non-hydrogen) atoms. The smallest absolute Gasteiger partial charge is 0.160 e. The van der Waals surface area contributed by atoms with Gasteiger partial charge in [-0.05, 0) is 68.1 Å². The van der Waals surface area contributed by atoms with Crippen molar-refractivity contribution in [2.24, 2.45) is 0 Å². The summed E-state index contributed by atoms with van der Waals surface area (Å²) in [5, 5.41) is 15.1. The molecular weight excluding hydrogens is 523 g/mol. The number of hydrogen-bond donors (Lipinski definition) is 4. The van der Waals surface area contributed by atoms with E-state index in [9.17, 15) is 5.11 Å². The van der Waals surface area contributed by atoms with Crippen LogP contribution in [0.25, 0.3) is 0 Å². The second kappa shape index (κ2) is 11.7. The minimum Gasteiger partial charge on any atom is -0.504 e. The SMILES string of the molecule is COc1cc(CNc2ccc(C3NN(C4CCC(N5CCN(C)CC5)CC4)c4ncnc(N)c43)cc2F)ccc1O. The topological polar surface area (TPSA) is 115 Å². The summed E-state index contributed by atoms with van der Waals surface area (Å²) in [5.74, 6) is 1.28. The Bertz CT molecular complexity index is 1370. The molecule has 0 radical (unpaired) electrons. The van der Waals surface area contributed by atoms with Crippen LogP contribution >= 0.6 is 0 Å². The van der Waals surface area contributed by atoms with E-state index in [1.165, 1.54) is 13.4 Å². The molecule has 2 fully saturated rings. The average molecular weight is 563 g/mol. The number of aromatic nitrogens is 2. The fraction of sp³-hybridized carbons (Fsp3) is 0.467. The number of nitrogens with one attached hydrogen (secondary N) is 2. The van der Waals surface area contributed by atoms with E-state index in [0.29, 0.717) is 29.8 Å². The largest absolute Gasteiger partial charge is 0.504 e. The van der Waals surface area contributed by atoms with Crippen LogP contribution < -0.4 is 26.2 Å². The summed E-state index contributed by atoms with van der Waals surface area (Å²) in [6, 6.07) is 10.8. The molecule has 2 aliphatic heterocycles. The third-order valence-corrected chi connectivity index (χ3v) is 8.82. The number of benzene rings is 2. The minimum atomic E-state index is -0.363. The summed E-state index contributed by atoms with van der Waals surface area (Å²) in [4.78, 5) is 13.9. The number of halogens is 1. The molecular formula is C30H39FN8O2. The zero-order valence-electron chi connectivity index (χ0n) is 23.7. The highest BCUT2D eigenvalue weighted by Gasteiger charge is 2.39. The number of hydrogen-bond acceptors (Lipinski definition) is 10. The highest BCUT2D eigenvalue weighted by molar-refractivity contribution is 5.65. The maximum absolute atomic E-state index is 15.3. The van der Waals surface area contributed by atoms with Crippen LogP contribution in [0, 0.1) is 5.82 Å². The number of phenolic OH excluding ortho intramolecular Hbond substituents is 1. The molecule has 218 valence electrons. The molecule has 3 aliphatic rings. The first kappa shape index (κ1) is 27.5. The molecule has 10 nitrogen and oxygen atoms in total. The van der Waals surface area contributed by atoms with Crippen LogP contribution in [0.15, 0.2) is 42.7 Å². The Morgan fingerprint density at radius 3 is 2.54 bits per heavy atom. The summed E-state index contributed by atoms with van der Waals surface area (Å²) in [6.07, 6.45) is 5.91. The second-order valence-electron chi connectivity index (χ2n) is 11.3. The molecule has 3 heterocycles. The van der Waals surface area contributed by atoms with Gasteiger partial charge in [-0.3, -0.25) is 9.91 Å². The van der Waals surface area contributed by atoms with E-state index in [4.69, 9.17) is 10.5 Å². The molecule has 6 rings (SSSR count). The number of ether oxygens (including phenoxy) is 1. The number of anilines is 3. The van der Waals surface area contributed by atoms with Crippen LogP contribution in [0.3, 0.4) is 0 Å². The summed E-state index contributed by atoms with van der Waals surface area (Å²) >= 11 is 0. The van der Waals surface area contributed by atoms with Gasteiger partial charge in [0.25, 0.3) is 0 Å². The average Bonchev–Trinajstić information content (AvgIpc) is 3.39. The van der Waals surface area contributed by atoms with Crippen LogP contribution in [0.2, 0.25) is 0 Å².